The predicted molar refractivity (Wildman–Crippen MR) is 89.4 cm³/mol. The first-order chi connectivity index (χ1) is 10.3. The molecule has 1 aliphatic rings. The van der Waals surface area contributed by atoms with Crippen molar-refractivity contribution in [2.24, 2.45) is 0 Å². The lowest BCUT2D eigenvalue weighted by Crippen LogP contribution is -2.38. The van der Waals surface area contributed by atoms with Crippen molar-refractivity contribution in [3.63, 3.8) is 0 Å². The molecule has 0 spiro atoms. The number of hydrogen-bond acceptors (Lipinski definition) is 3. The summed E-state index contributed by atoms with van der Waals surface area (Å²) in [6, 6.07) is 6.87. The van der Waals surface area contributed by atoms with Crippen molar-refractivity contribution in [3.8, 4) is 0 Å². The zero-order valence-electron chi connectivity index (χ0n) is 12.1. The number of fused-ring (bicyclic) bond motifs is 1. The summed E-state index contributed by atoms with van der Waals surface area (Å²) >= 11 is 3.54. The van der Waals surface area contributed by atoms with Gasteiger partial charge >= 0.3 is 0 Å². The van der Waals surface area contributed by atoms with Crippen molar-refractivity contribution >= 4 is 26.8 Å². The Morgan fingerprint density at radius 3 is 3.05 bits per heavy atom. The van der Waals surface area contributed by atoms with Crippen molar-refractivity contribution < 1.29 is 5.11 Å². The summed E-state index contributed by atoms with van der Waals surface area (Å²) < 4.78 is 1.10. The monoisotopic (exact) mass is 351 g/mol. The Labute approximate surface area is 133 Å². The molecule has 0 amide bonds. The minimum Gasteiger partial charge on any atom is -0.395 e. The van der Waals surface area contributed by atoms with Gasteiger partial charge in [-0.2, -0.15) is 0 Å². The number of halogens is 1. The molecular formula is C16H22BrN3O. The average molecular weight is 352 g/mol. The van der Waals surface area contributed by atoms with Gasteiger partial charge in [0.25, 0.3) is 0 Å². The fraction of sp³-hybridized carbons (Fsp3) is 0.500. The van der Waals surface area contributed by atoms with Gasteiger partial charge in [0.1, 0.15) is 0 Å². The Hall–Kier alpha value is -0.880. The minimum absolute atomic E-state index is 0.207. The summed E-state index contributed by atoms with van der Waals surface area (Å²) in [6.45, 7) is 3.92. The molecule has 1 aromatic heterocycles. The van der Waals surface area contributed by atoms with Crippen LogP contribution in [0, 0.1) is 0 Å². The van der Waals surface area contributed by atoms with Gasteiger partial charge in [-0.15, -0.1) is 0 Å². The first-order valence-electron chi connectivity index (χ1n) is 7.58. The molecule has 1 fully saturated rings. The summed E-state index contributed by atoms with van der Waals surface area (Å²) in [5.74, 6) is 0. The van der Waals surface area contributed by atoms with Gasteiger partial charge in [0.15, 0.2) is 0 Å². The van der Waals surface area contributed by atoms with Gasteiger partial charge in [0.2, 0.25) is 0 Å². The minimum atomic E-state index is 0.207. The van der Waals surface area contributed by atoms with E-state index in [1.807, 2.05) is 0 Å². The summed E-state index contributed by atoms with van der Waals surface area (Å²) in [5, 5.41) is 14.1. The summed E-state index contributed by atoms with van der Waals surface area (Å²) in [6.07, 6.45) is 4.59. The number of benzene rings is 1. The zero-order valence-corrected chi connectivity index (χ0v) is 13.7. The zero-order chi connectivity index (χ0) is 14.7. The molecule has 1 aliphatic heterocycles. The molecule has 1 unspecified atom stereocenters. The number of aliphatic hydroxyl groups excluding tert-OH is 1. The van der Waals surface area contributed by atoms with E-state index in [1.165, 1.54) is 23.8 Å². The van der Waals surface area contributed by atoms with Crippen LogP contribution in [0.4, 0.5) is 0 Å². The number of nitrogens with one attached hydrogen (secondary N) is 2. The van der Waals surface area contributed by atoms with E-state index in [9.17, 15) is 5.11 Å². The molecule has 2 aromatic rings. The lowest BCUT2D eigenvalue weighted by molar-refractivity contribution is 0.179. The molecule has 0 saturated carbocycles. The third-order valence-corrected chi connectivity index (χ3v) is 4.67. The van der Waals surface area contributed by atoms with Gasteiger partial charge in [-0.1, -0.05) is 15.9 Å². The lowest BCUT2D eigenvalue weighted by atomic mass is 10.1. The molecule has 3 N–H and O–H groups in total. The molecular weight excluding hydrogens is 330 g/mol. The third kappa shape index (κ3) is 3.66. The van der Waals surface area contributed by atoms with Crippen molar-refractivity contribution in [3.05, 3.63) is 34.4 Å². The fourth-order valence-electron chi connectivity index (χ4n) is 3.12. The van der Waals surface area contributed by atoms with Crippen molar-refractivity contribution in [1.29, 1.82) is 0 Å². The number of aromatic nitrogens is 1. The van der Waals surface area contributed by atoms with Gasteiger partial charge in [-0.25, -0.2) is 0 Å². The van der Waals surface area contributed by atoms with E-state index < -0.39 is 0 Å². The van der Waals surface area contributed by atoms with Crippen molar-refractivity contribution in [2.75, 3.05) is 26.2 Å². The highest BCUT2D eigenvalue weighted by atomic mass is 79.9. The Morgan fingerprint density at radius 2 is 2.29 bits per heavy atom. The molecule has 0 bridgehead atoms. The molecule has 0 radical (unpaired) electrons. The number of aliphatic hydroxyl groups is 1. The van der Waals surface area contributed by atoms with Gasteiger partial charge in [0.05, 0.1) is 6.61 Å². The van der Waals surface area contributed by atoms with Crippen LogP contribution in [0.1, 0.15) is 18.4 Å². The molecule has 1 aromatic carbocycles. The number of H-pyrrole nitrogens is 1. The second-order valence-corrected chi connectivity index (χ2v) is 6.67. The van der Waals surface area contributed by atoms with E-state index in [-0.39, 0.29) is 6.61 Å². The van der Waals surface area contributed by atoms with Crippen LogP contribution in [0.5, 0.6) is 0 Å². The normalized spacial score (nSPS) is 18.9. The van der Waals surface area contributed by atoms with Crippen LogP contribution in [0.2, 0.25) is 0 Å². The summed E-state index contributed by atoms with van der Waals surface area (Å²) in [7, 11) is 0. The molecule has 21 heavy (non-hydrogen) atoms. The quantitative estimate of drug-likeness (QED) is 0.749. The Morgan fingerprint density at radius 1 is 1.38 bits per heavy atom. The lowest BCUT2D eigenvalue weighted by Gasteiger charge is -2.24. The fourth-order valence-corrected chi connectivity index (χ4v) is 3.48. The molecule has 1 saturated heterocycles. The van der Waals surface area contributed by atoms with Crippen LogP contribution in [-0.4, -0.2) is 47.3 Å². The maximum atomic E-state index is 9.32. The van der Waals surface area contributed by atoms with E-state index in [4.69, 9.17) is 0 Å². The van der Waals surface area contributed by atoms with Crippen LogP contribution >= 0.6 is 15.9 Å². The SMILES string of the molecule is OCCN(Cc1c[nH]c2ccc(Br)cc12)CC1CCCN1. The topological polar surface area (TPSA) is 51.3 Å². The van der Waals surface area contributed by atoms with Gasteiger partial charge in [-0.05, 0) is 43.1 Å². The van der Waals surface area contributed by atoms with E-state index in [2.05, 4.69) is 55.5 Å². The van der Waals surface area contributed by atoms with Gasteiger partial charge in [0, 0.05) is 47.2 Å². The predicted octanol–water partition coefficient (Wildman–Crippen LogP) is 2.48. The maximum absolute atomic E-state index is 9.32. The van der Waals surface area contributed by atoms with E-state index >= 15 is 0 Å². The van der Waals surface area contributed by atoms with Crippen molar-refractivity contribution in [2.45, 2.75) is 25.4 Å². The van der Waals surface area contributed by atoms with Crippen LogP contribution in [0.3, 0.4) is 0 Å². The Balaban J connectivity index is 1.75. The number of aromatic amines is 1. The van der Waals surface area contributed by atoms with E-state index in [0.717, 1.165) is 36.2 Å². The Bertz CT molecular complexity index is 592. The second-order valence-electron chi connectivity index (χ2n) is 5.76. The summed E-state index contributed by atoms with van der Waals surface area (Å²) in [4.78, 5) is 5.67. The Kier molecular flexibility index (Phi) is 4.95. The highest BCUT2D eigenvalue weighted by Crippen LogP contribution is 2.24. The van der Waals surface area contributed by atoms with Crippen LogP contribution in [-0.2, 0) is 6.54 Å². The van der Waals surface area contributed by atoms with E-state index in [0.29, 0.717) is 6.04 Å². The van der Waals surface area contributed by atoms with Crippen molar-refractivity contribution in [1.82, 2.24) is 15.2 Å². The molecule has 1 atom stereocenters. The largest absolute Gasteiger partial charge is 0.395 e. The van der Waals surface area contributed by atoms with Gasteiger partial charge in [-0.3, -0.25) is 4.90 Å². The van der Waals surface area contributed by atoms with Crippen LogP contribution in [0.25, 0.3) is 10.9 Å². The average Bonchev–Trinajstić information content (AvgIpc) is 3.10. The second kappa shape index (κ2) is 6.92. The molecule has 114 valence electrons. The smallest absolute Gasteiger partial charge is 0.0558 e. The van der Waals surface area contributed by atoms with Crippen LogP contribution < -0.4 is 5.32 Å². The first-order valence-corrected chi connectivity index (χ1v) is 8.37. The molecule has 4 nitrogen and oxygen atoms in total. The highest BCUT2D eigenvalue weighted by molar-refractivity contribution is 9.10. The van der Waals surface area contributed by atoms with Crippen LogP contribution in [0.15, 0.2) is 28.9 Å². The molecule has 3 rings (SSSR count). The number of nitrogens with zero attached hydrogens (tertiary/aromatic N) is 1. The summed E-state index contributed by atoms with van der Waals surface area (Å²) in [5.41, 5.74) is 2.45. The maximum Gasteiger partial charge on any atom is 0.0558 e. The first kappa shape index (κ1) is 15.0. The standard InChI is InChI=1S/C16H22BrN3O/c17-13-3-4-16-15(8-13)12(9-19-16)10-20(6-7-21)11-14-2-1-5-18-14/h3-4,8-9,14,18-19,21H,1-2,5-7,10-11H2. The molecule has 0 aliphatic carbocycles. The number of rotatable bonds is 6. The number of hydrogen-bond donors (Lipinski definition) is 3. The highest BCUT2D eigenvalue weighted by Gasteiger charge is 2.18. The molecule has 2 heterocycles. The van der Waals surface area contributed by atoms with E-state index in [1.54, 1.807) is 0 Å². The van der Waals surface area contributed by atoms with Gasteiger partial charge < -0.3 is 15.4 Å². The molecule has 5 heteroatoms. The third-order valence-electron chi connectivity index (χ3n) is 4.18.